The van der Waals surface area contributed by atoms with E-state index in [1.54, 1.807) is 23.4 Å². The van der Waals surface area contributed by atoms with Gasteiger partial charge in [0, 0.05) is 12.4 Å². The van der Waals surface area contributed by atoms with Gasteiger partial charge in [-0.25, -0.2) is 9.67 Å². The Labute approximate surface area is 102 Å². The molecule has 0 unspecified atom stereocenters. The summed E-state index contributed by atoms with van der Waals surface area (Å²) in [7, 11) is 0. The largest absolute Gasteiger partial charge is 0.387 e. The summed E-state index contributed by atoms with van der Waals surface area (Å²) in [5, 5.41) is 4.70. The fourth-order valence-corrected chi connectivity index (χ4v) is 1.46. The molecule has 16 heavy (non-hydrogen) atoms. The molecule has 0 amide bonds. The number of pyridine rings is 1. The van der Waals surface area contributed by atoms with Crippen molar-refractivity contribution in [2.75, 3.05) is 0 Å². The van der Waals surface area contributed by atoms with Gasteiger partial charge in [-0.1, -0.05) is 23.8 Å². The first-order chi connectivity index (χ1) is 7.66. The van der Waals surface area contributed by atoms with Crippen molar-refractivity contribution in [1.82, 2.24) is 19.7 Å². The molecule has 5 nitrogen and oxygen atoms in total. The van der Waals surface area contributed by atoms with Crippen molar-refractivity contribution < 1.29 is 0 Å². The molecule has 0 aliphatic rings. The van der Waals surface area contributed by atoms with Crippen molar-refractivity contribution in [1.29, 1.82) is 0 Å². The van der Waals surface area contributed by atoms with Crippen LogP contribution in [0.15, 0.2) is 24.8 Å². The number of halogens is 1. The number of hydrogen-bond acceptors (Lipinski definition) is 4. The van der Waals surface area contributed by atoms with E-state index >= 15 is 0 Å². The van der Waals surface area contributed by atoms with Crippen LogP contribution >= 0.6 is 23.8 Å². The highest BCUT2D eigenvalue weighted by Crippen LogP contribution is 2.14. The van der Waals surface area contributed by atoms with Crippen molar-refractivity contribution in [3.8, 4) is 0 Å². The second-order valence-corrected chi connectivity index (χ2v) is 3.94. The fraction of sp³-hybridized carbons (Fsp3) is 0.111. The zero-order valence-electron chi connectivity index (χ0n) is 8.17. The molecule has 2 aromatic heterocycles. The molecule has 0 aliphatic heterocycles. The first kappa shape index (κ1) is 11.0. The number of aromatic nitrogens is 4. The molecule has 0 atom stereocenters. The molecule has 0 radical (unpaired) electrons. The summed E-state index contributed by atoms with van der Waals surface area (Å²) in [6, 6.07) is 1.82. The van der Waals surface area contributed by atoms with E-state index < -0.39 is 0 Å². The second-order valence-electron chi connectivity index (χ2n) is 3.10. The van der Waals surface area contributed by atoms with E-state index in [-0.39, 0.29) is 4.99 Å². The summed E-state index contributed by atoms with van der Waals surface area (Å²) >= 11 is 10.7. The number of thiocarbonyl (C=S) groups is 1. The van der Waals surface area contributed by atoms with Crippen LogP contribution in [0.25, 0.3) is 0 Å². The molecule has 2 rings (SSSR count). The van der Waals surface area contributed by atoms with E-state index in [4.69, 9.17) is 29.6 Å². The van der Waals surface area contributed by atoms with E-state index in [1.165, 1.54) is 0 Å². The molecule has 2 N–H and O–H groups in total. The Balaban J connectivity index is 2.21. The van der Waals surface area contributed by atoms with Gasteiger partial charge in [-0.2, -0.15) is 0 Å². The van der Waals surface area contributed by atoms with Crippen LogP contribution < -0.4 is 5.73 Å². The van der Waals surface area contributed by atoms with Crippen molar-refractivity contribution in [3.63, 3.8) is 0 Å². The molecule has 0 spiro atoms. The fourth-order valence-electron chi connectivity index (χ4n) is 1.19. The van der Waals surface area contributed by atoms with Crippen LogP contribution in [0.5, 0.6) is 0 Å². The average molecular weight is 254 g/mol. The van der Waals surface area contributed by atoms with Crippen molar-refractivity contribution in [3.05, 3.63) is 41.2 Å². The highest BCUT2D eigenvalue weighted by Gasteiger charge is 2.05. The van der Waals surface area contributed by atoms with Crippen LogP contribution in [-0.4, -0.2) is 24.7 Å². The third kappa shape index (κ3) is 2.34. The van der Waals surface area contributed by atoms with Gasteiger partial charge in [0.1, 0.15) is 11.3 Å². The highest BCUT2D eigenvalue weighted by atomic mass is 35.5. The number of hydrogen-bond donors (Lipinski definition) is 1. The summed E-state index contributed by atoms with van der Waals surface area (Å²) in [6.45, 7) is 0.511. The monoisotopic (exact) mass is 253 g/mol. The summed E-state index contributed by atoms with van der Waals surface area (Å²) < 4.78 is 1.62. The Kier molecular flexibility index (Phi) is 3.12. The molecular formula is C9H8ClN5S. The van der Waals surface area contributed by atoms with Gasteiger partial charge in [0.2, 0.25) is 5.82 Å². The lowest BCUT2D eigenvalue weighted by Gasteiger charge is -2.02. The van der Waals surface area contributed by atoms with Crippen molar-refractivity contribution in [2.45, 2.75) is 6.54 Å². The van der Waals surface area contributed by atoms with Gasteiger partial charge in [-0.3, -0.25) is 4.98 Å². The minimum absolute atomic E-state index is 0.180. The molecule has 0 saturated carbocycles. The maximum absolute atomic E-state index is 5.97. The Hall–Kier alpha value is -1.53. The predicted octanol–water partition coefficient (Wildman–Crippen LogP) is 1.01. The lowest BCUT2D eigenvalue weighted by Crippen LogP contribution is -2.12. The predicted molar refractivity (Wildman–Crippen MR) is 64.3 cm³/mol. The summed E-state index contributed by atoms with van der Waals surface area (Å²) in [5.41, 5.74) is 6.32. The van der Waals surface area contributed by atoms with E-state index in [9.17, 15) is 0 Å². The summed E-state index contributed by atoms with van der Waals surface area (Å²) in [4.78, 5) is 8.05. The molecule has 0 aromatic carbocycles. The lowest BCUT2D eigenvalue weighted by molar-refractivity contribution is 0.683. The SMILES string of the molecule is NC(=S)c1ncn(Cc2ccncc2Cl)n1. The van der Waals surface area contributed by atoms with Crippen LogP contribution in [0.3, 0.4) is 0 Å². The Morgan fingerprint density at radius 3 is 3.00 bits per heavy atom. The molecule has 2 aromatic rings. The summed E-state index contributed by atoms with van der Waals surface area (Å²) in [5.74, 6) is 0.361. The highest BCUT2D eigenvalue weighted by molar-refractivity contribution is 7.80. The topological polar surface area (TPSA) is 69.6 Å². The number of rotatable bonds is 3. The van der Waals surface area contributed by atoms with Crippen molar-refractivity contribution >= 4 is 28.8 Å². The van der Waals surface area contributed by atoms with Crippen LogP contribution in [0.4, 0.5) is 0 Å². The first-order valence-corrected chi connectivity index (χ1v) is 5.23. The van der Waals surface area contributed by atoms with E-state index in [2.05, 4.69) is 15.1 Å². The molecule has 0 saturated heterocycles. The lowest BCUT2D eigenvalue weighted by atomic mass is 10.3. The standard InChI is InChI=1S/C9H8ClN5S/c10-7-3-12-2-1-6(7)4-15-5-13-9(14-15)8(11)16/h1-3,5H,4H2,(H2,11,16). The normalized spacial score (nSPS) is 10.3. The Morgan fingerprint density at radius 1 is 1.56 bits per heavy atom. The van der Waals surface area contributed by atoms with Crippen LogP contribution in [-0.2, 0) is 6.54 Å². The Bertz CT molecular complexity index is 524. The van der Waals surface area contributed by atoms with Gasteiger partial charge in [-0.15, -0.1) is 5.10 Å². The number of nitrogens with two attached hydrogens (primary N) is 1. The zero-order chi connectivity index (χ0) is 11.5. The van der Waals surface area contributed by atoms with Gasteiger partial charge in [0.25, 0.3) is 0 Å². The maximum atomic E-state index is 5.97. The molecule has 2 heterocycles. The zero-order valence-corrected chi connectivity index (χ0v) is 9.74. The Morgan fingerprint density at radius 2 is 2.38 bits per heavy atom. The second kappa shape index (κ2) is 4.54. The molecule has 0 fully saturated rings. The van der Waals surface area contributed by atoms with Gasteiger partial charge < -0.3 is 5.73 Å². The summed E-state index contributed by atoms with van der Waals surface area (Å²) in [6.07, 6.45) is 4.82. The molecular weight excluding hydrogens is 246 g/mol. The van der Waals surface area contributed by atoms with E-state index in [0.29, 0.717) is 17.4 Å². The minimum Gasteiger partial charge on any atom is -0.387 e. The molecule has 0 aliphatic carbocycles. The average Bonchev–Trinajstić information content (AvgIpc) is 2.70. The quantitative estimate of drug-likeness (QED) is 0.827. The third-order valence-corrected chi connectivity index (χ3v) is 2.47. The molecule has 82 valence electrons. The first-order valence-electron chi connectivity index (χ1n) is 4.44. The van der Waals surface area contributed by atoms with Gasteiger partial charge >= 0.3 is 0 Å². The van der Waals surface area contributed by atoms with Crippen molar-refractivity contribution in [2.24, 2.45) is 5.73 Å². The maximum Gasteiger partial charge on any atom is 0.208 e. The van der Waals surface area contributed by atoms with E-state index in [1.807, 2.05) is 6.07 Å². The smallest absolute Gasteiger partial charge is 0.208 e. The van der Waals surface area contributed by atoms with Gasteiger partial charge in [-0.05, 0) is 11.6 Å². The number of nitrogens with zero attached hydrogens (tertiary/aromatic N) is 4. The van der Waals surface area contributed by atoms with Crippen LogP contribution in [0, 0.1) is 0 Å². The van der Waals surface area contributed by atoms with E-state index in [0.717, 1.165) is 5.56 Å². The van der Waals surface area contributed by atoms with Gasteiger partial charge in [0.05, 0.1) is 11.6 Å². The van der Waals surface area contributed by atoms with Gasteiger partial charge in [0.15, 0.2) is 0 Å². The van der Waals surface area contributed by atoms with Crippen LogP contribution in [0.1, 0.15) is 11.4 Å². The molecule has 7 heteroatoms. The molecule has 0 bridgehead atoms. The minimum atomic E-state index is 0.180. The van der Waals surface area contributed by atoms with Crippen LogP contribution in [0.2, 0.25) is 5.02 Å². The third-order valence-electron chi connectivity index (χ3n) is 1.95.